The summed E-state index contributed by atoms with van der Waals surface area (Å²) in [5, 5.41) is 8.11. The first-order valence-corrected chi connectivity index (χ1v) is 4.51. The SMILES string of the molecule is c1cnn(CCN2CCCC2)n1. The van der Waals surface area contributed by atoms with Crippen molar-refractivity contribution < 1.29 is 0 Å². The molecule has 2 rings (SSSR count). The minimum Gasteiger partial charge on any atom is -0.301 e. The number of likely N-dealkylation sites (tertiary alicyclic amines) is 1. The summed E-state index contributed by atoms with van der Waals surface area (Å²) >= 11 is 0. The predicted molar refractivity (Wildman–Crippen MR) is 45.7 cm³/mol. The first-order valence-electron chi connectivity index (χ1n) is 4.51. The zero-order chi connectivity index (χ0) is 8.23. The van der Waals surface area contributed by atoms with Gasteiger partial charge in [-0.2, -0.15) is 15.0 Å². The van der Waals surface area contributed by atoms with Gasteiger partial charge in [-0.05, 0) is 25.9 Å². The van der Waals surface area contributed by atoms with Crippen molar-refractivity contribution in [1.82, 2.24) is 19.9 Å². The Kier molecular flexibility index (Phi) is 2.36. The van der Waals surface area contributed by atoms with Gasteiger partial charge < -0.3 is 4.90 Å². The Balaban J connectivity index is 1.74. The smallest absolute Gasteiger partial charge is 0.0734 e. The second-order valence-electron chi connectivity index (χ2n) is 3.17. The van der Waals surface area contributed by atoms with Crippen molar-refractivity contribution in [3.63, 3.8) is 0 Å². The molecule has 0 N–H and O–H groups in total. The van der Waals surface area contributed by atoms with Crippen molar-refractivity contribution in [2.75, 3.05) is 19.6 Å². The largest absolute Gasteiger partial charge is 0.301 e. The van der Waals surface area contributed by atoms with E-state index in [-0.39, 0.29) is 0 Å². The third-order valence-corrected chi connectivity index (χ3v) is 2.28. The molecule has 0 unspecified atom stereocenters. The van der Waals surface area contributed by atoms with Crippen LogP contribution in [-0.2, 0) is 6.54 Å². The van der Waals surface area contributed by atoms with Crippen LogP contribution in [0.4, 0.5) is 0 Å². The van der Waals surface area contributed by atoms with E-state index in [0.29, 0.717) is 0 Å². The van der Waals surface area contributed by atoms with Crippen LogP contribution in [0.25, 0.3) is 0 Å². The lowest BCUT2D eigenvalue weighted by Crippen LogP contribution is -2.24. The van der Waals surface area contributed by atoms with E-state index in [0.717, 1.165) is 13.1 Å². The molecule has 0 saturated carbocycles. The van der Waals surface area contributed by atoms with Crippen molar-refractivity contribution in [3.05, 3.63) is 12.4 Å². The van der Waals surface area contributed by atoms with Crippen LogP contribution >= 0.6 is 0 Å². The van der Waals surface area contributed by atoms with Gasteiger partial charge >= 0.3 is 0 Å². The Bertz CT molecular complexity index is 213. The van der Waals surface area contributed by atoms with Crippen LogP contribution in [0.1, 0.15) is 12.8 Å². The van der Waals surface area contributed by atoms with Gasteiger partial charge in [-0.15, -0.1) is 0 Å². The quantitative estimate of drug-likeness (QED) is 0.650. The highest BCUT2D eigenvalue weighted by Gasteiger charge is 2.10. The monoisotopic (exact) mass is 166 g/mol. The third kappa shape index (κ3) is 1.82. The minimum absolute atomic E-state index is 0.924. The molecule has 1 aromatic heterocycles. The van der Waals surface area contributed by atoms with Crippen molar-refractivity contribution >= 4 is 0 Å². The lowest BCUT2D eigenvalue weighted by atomic mass is 10.4. The molecule has 66 valence electrons. The Morgan fingerprint density at radius 3 is 2.33 bits per heavy atom. The summed E-state index contributed by atoms with van der Waals surface area (Å²) in [5.74, 6) is 0. The van der Waals surface area contributed by atoms with Crippen molar-refractivity contribution in [1.29, 1.82) is 0 Å². The fourth-order valence-corrected chi connectivity index (χ4v) is 1.60. The van der Waals surface area contributed by atoms with Crippen LogP contribution in [0.15, 0.2) is 12.4 Å². The number of nitrogens with zero attached hydrogens (tertiary/aromatic N) is 4. The van der Waals surface area contributed by atoms with Gasteiger partial charge in [0.15, 0.2) is 0 Å². The topological polar surface area (TPSA) is 34.0 Å². The van der Waals surface area contributed by atoms with Gasteiger partial charge in [-0.3, -0.25) is 0 Å². The summed E-state index contributed by atoms with van der Waals surface area (Å²) in [6.07, 6.45) is 6.16. The molecule has 0 bridgehead atoms. The Labute approximate surface area is 72.2 Å². The van der Waals surface area contributed by atoms with E-state index in [1.165, 1.54) is 25.9 Å². The average molecular weight is 166 g/mol. The van der Waals surface area contributed by atoms with Gasteiger partial charge in [-0.25, -0.2) is 0 Å². The fraction of sp³-hybridized carbons (Fsp3) is 0.750. The van der Waals surface area contributed by atoms with E-state index in [2.05, 4.69) is 15.1 Å². The van der Waals surface area contributed by atoms with Crippen molar-refractivity contribution in [2.24, 2.45) is 0 Å². The van der Waals surface area contributed by atoms with E-state index >= 15 is 0 Å². The van der Waals surface area contributed by atoms with Crippen LogP contribution in [-0.4, -0.2) is 39.5 Å². The molecule has 0 spiro atoms. The van der Waals surface area contributed by atoms with E-state index in [4.69, 9.17) is 0 Å². The molecule has 0 atom stereocenters. The van der Waals surface area contributed by atoms with Crippen LogP contribution in [0, 0.1) is 0 Å². The molecule has 1 aliphatic heterocycles. The van der Waals surface area contributed by atoms with E-state index in [1.807, 2.05) is 0 Å². The standard InChI is InChI=1S/C8H14N4/c1-2-6-11(5-1)7-8-12-9-3-4-10-12/h3-4H,1-2,5-8H2. The highest BCUT2D eigenvalue weighted by Crippen LogP contribution is 2.06. The molecule has 1 aromatic rings. The van der Waals surface area contributed by atoms with E-state index in [9.17, 15) is 0 Å². The fourth-order valence-electron chi connectivity index (χ4n) is 1.60. The lowest BCUT2D eigenvalue weighted by Gasteiger charge is -2.12. The molecule has 0 aromatic carbocycles. The molecule has 4 heteroatoms. The maximum Gasteiger partial charge on any atom is 0.0734 e. The second kappa shape index (κ2) is 3.67. The zero-order valence-electron chi connectivity index (χ0n) is 7.19. The molecule has 0 radical (unpaired) electrons. The number of hydrogen-bond donors (Lipinski definition) is 0. The highest BCUT2D eigenvalue weighted by molar-refractivity contribution is 4.66. The Hall–Kier alpha value is -0.900. The highest BCUT2D eigenvalue weighted by atomic mass is 15.5. The molecule has 1 aliphatic rings. The van der Waals surface area contributed by atoms with Gasteiger partial charge in [0, 0.05) is 6.54 Å². The molecule has 2 heterocycles. The second-order valence-corrected chi connectivity index (χ2v) is 3.17. The summed E-state index contributed by atoms with van der Waals surface area (Å²) in [7, 11) is 0. The molecule has 1 saturated heterocycles. The van der Waals surface area contributed by atoms with Gasteiger partial charge in [0.1, 0.15) is 0 Å². The average Bonchev–Trinajstić information content (AvgIpc) is 2.74. The first kappa shape index (κ1) is 7.73. The molecule has 0 aliphatic carbocycles. The molecule has 12 heavy (non-hydrogen) atoms. The van der Waals surface area contributed by atoms with Crippen LogP contribution in [0.3, 0.4) is 0 Å². The van der Waals surface area contributed by atoms with Crippen molar-refractivity contribution in [3.8, 4) is 0 Å². The maximum absolute atomic E-state index is 4.06. The number of aromatic nitrogens is 3. The third-order valence-electron chi connectivity index (χ3n) is 2.28. The van der Waals surface area contributed by atoms with Crippen molar-refractivity contribution in [2.45, 2.75) is 19.4 Å². The Morgan fingerprint density at radius 2 is 1.67 bits per heavy atom. The lowest BCUT2D eigenvalue weighted by molar-refractivity contribution is 0.306. The minimum atomic E-state index is 0.924. The van der Waals surface area contributed by atoms with Crippen LogP contribution < -0.4 is 0 Å². The normalized spacial score (nSPS) is 18.7. The molecular weight excluding hydrogens is 152 g/mol. The summed E-state index contributed by atoms with van der Waals surface area (Å²) in [6.45, 7) is 4.52. The molecular formula is C8H14N4. The zero-order valence-corrected chi connectivity index (χ0v) is 7.19. The van der Waals surface area contributed by atoms with Gasteiger partial charge in [-0.1, -0.05) is 0 Å². The molecule has 4 nitrogen and oxygen atoms in total. The molecule has 0 amide bonds. The number of rotatable bonds is 3. The van der Waals surface area contributed by atoms with Gasteiger partial charge in [0.05, 0.1) is 18.9 Å². The van der Waals surface area contributed by atoms with Gasteiger partial charge in [0.25, 0.3) is 0 Å². The maximum atomic E-state index is 4.06. The van der Waals surface area contributed by atoms with E-state index in [1.54, 1.807) is 17.2 Å². The molecule has 1 fully saturated rings. The summed E-state index contributed by atoms with van der Waals surface area (Å²) in [5.41, 5.74) is 0. The van der Waals surface area contributed by atoms with Gasteiger partial charge in [0.2, 0.25) is 0 Å². The van der Waals surface area contributed by atoms with Crippen LogP contribution in [0.2, 0.25) is 0 Å². The summed E-state index contributed by atoms with van der Waals surface area (Å²) in [4.78, 5) is 4.21. The predicted octanol–water partition coefficient (Wildman–Crippen LogP) is 0.374. The Morgan fingerprint density at radius 1 is 1.00 bits per heavy atom. The van der Waals surface area contributed by atoms with E-state index < -0.39 is 0 Å². The number of hydrogen-bond acceptors (Lipinski definition) is 3. The first-order chi connectivity index (χ1) is 5.95. The van der Waals surface area contributed by atoms with Crippen LogP contribution in [0.5, 0.6) is 0 Å². The summed E-state index contributed by atoms with van der Waals surface area (Å²) < 4.78 is 0. The summed E-state index contributed by atoms with van der Waals surface area (Å²) in [6, 6.07) is 0.